The smallest absolute Gasteiger partial charge is 0.238 e. The van der Waals surface area contributed by atoms with E-state index in [1.807, 2.05) is 30.3 Å². The number of benzene rings is 2. The van der Waals surface area contributed by atoms with Crippen molar-refractivity contribution >= 4 is 28.9 Å². The number of morpholine rings is 1. The van der Waals surface area contributed by atoms with Crippen LogP contribution in [0.5, 0.6) is 11.5 Å². The van der Waals surface area contributed by atoms with Crippen LogP contribution in [-0.4, -0.2) is 69.4 Å². The van der Waals surface area contributed by atoms with Crippen molar-refractivity contribution in [3.05, 3.63) is 42.5 Å². The molecule has 0 saturated carbocycles. The topological polar surface area (TPSA) is 92.4 Å². The molecule has 2 N–H and O–H groups in total. The number of hydrogen-bond donors (Lipinski definition) is 2. The lowest BCUT2D eigenvalue weighted by molar-refractivity contribution is -0.121. The molecule has 0 aromatic heterocycles. The molecule has 0 aliphatic carbocycles. The average Bonchev–Trinajstić information content (AvgIpc) is 3.33. The molecule has 2 fully saturated rings. The van der Waals surface area contributed by atoms with Crippen molar-refractivity contribution in [2.24, 2.45) is 5.92 Å². The van der Waals surface area contributed by atoms with Crippen LogP contribution in [0.1, 0.15) is 12.8 Å². The number of nitrogens with one attached hydrogen (secondary N) is 2. The number of anilines is 3. The number of fused-ring (bicyclic) bond motifs is 1. The van der Waals surface area contributed by atoms with E-state index in [0.29, 0.717) is 36.8 Å². The Kier molecular flexibility index (Phi) is 6.82. The van der Waals surface area contributed by atoms with Crippen molar-refractivity contribution in [1.82, 2.24) is 4.90 Å². The van der Waals surface area contributed by atoms with Gasteiger partial charge in [-0.2, -0.15) is 0 Å². The van der Waals surface area contributed by atoms with Crippen molar-refractivity contribution in [3.63, 3.8) is 0 Å². The predicted molar refractivity (Wildman–Crippen MR) is 128 cm³/mol. The van der Waals surface area contributed by atoms with Gasteiger partial charge in [0.15, 0.2) is 11.5 Å². The molecule has 3 heterocycles. The van der Waals surface area contributed by atoms with E-state index in [-0.39, 0.29) is 24.5 Å². The third-order valence-corrected chi connectivity index (χ3v) is 6.49. The van der Waals surface area contributed by atoms with Gasteiger partial charge in [0, 0.05) is 42.1 Å². The van der Waals surface area contributed by atoms with Gasteiger partial charge in [-0.1, -0.05) is 0 Å². The minimum atomic E-state index is -0.0718. The third-order valence-electron chi connectivity index (χ3n) is 6.49. The first-order valence-electron chi connectivity index (χ1n) is 11.8. The van der Waals surface area contributed by atoms with Gasteiger partial charge in [0.1, 0.15) is 0 Å². The summed E-state index contributed by atoms with van der Waals surface area (Å²) in [6.45, 7) is 5.21. The zero-order valence-electron chi connectivity index (χ0n) is 19.1. The number of ether oxygens (including phenoxy) is 3. The molecular formula is C25H30N4O5. The van der Waals surface area contributed by atoms with Crippen LogP contribution in [0.15, 0.2) is 42.5 Å². The largest absolute Gasteiger partial charge is 0.454 e. The molecule has 2 aromatic rings. The second-order valence-corrected chi connectivity index (χ2v) is 8.80. The van der Waals surface area contributed by atoms with E-state index in [1.54, 1.807) is 12.1 Å². The molecule has 3 aliphatic heterocycles. The van der Waals surface area contributed by atoms with Crippen LogP contribution in [0.3, 0.4) is 0 Å². The van der Waals surface area contributed by atoms with E-state index in [9.17, 15) is 9.59 Å². The molecule has 0 atom stereocenters. The Morgan fingerprint density at radius 2 is 1.56 bits per heavy atom. The van der Waals surface area contributed by atoms with Gasteiger partial charge in [0.05, 0.1) is 19.8 Å². The first-order valence-corrected chi connectivity index (χ1v) is 11.8. The van der Waals surface area contributed by atoms with E-state index < -0.39 is 0 Å². The van der Waals surface area contributed by atoms with Crippen LogP contribution in [0.4, 0.5) is 17.1 Å². The zero-order valence-corrected chi connectivity index (χ0v) is 19.1. The molecule has 2 aromatic carbocycles. The van der Waals surface area contributed by atoms with E-state index in [2.05, 4.69) is 20.4 Å². The Balaban J connectivity index is 1.05. The Morgan fingerprint density at radius 3 is 2.32 bits per heavy atom. The monoisotopic (exact) mass is 466 g/mol. The van der Waals surface area contributed by atoms with Gasteiger partial charge in [-0.15, -0.1) is 0 Å². The fourth-order valence-electron chi connectivity index (χ4n) is 4.55. The van der Waals surface area contributed by atoms with Crippen molar-refractivity contribution in [3.8, 4) is 11.5 Å². The highest BCUT2D eigenvalue weighted by Crippen LogP contribution is 2.34. The Labute approximate surface area is 198 Å². The summed E-state index contributed by atoms with van der Waals surface area (Å²) >= 11 is 0. The fraction of sp³-hybridized carbons (Fsp3) is 0.440. The molecule has 0 bridgehead atoms. The van der Waals surface area contributed by atoms with Crippen molar-refractivity contribution < 1.29 is 23.8 Å². The molecule has 0 spiro atoms. The molecule has 2 amide bonds. The van der Waals surface area contributed by atoms with E-state index in [0.717, 1.165) is 50.5 Å². The number of carbonyl (C=O) groups excluding carboxylic acids is 2. The summed E-state index contributed by atoms with van der Waals surface area (Å²) in [6.07, 6.45) is 1.44. The molecule has 3 aliphatic rings. The summed E-state index contributed by atoms with van der Waals surface area (Å²) in [5, 5.41) is 5.96. The van der Waals surface area contributed by atoms with Gasteiger partial charge < -0.3 is 29.7 Å². The number of rotatable bonds is 6. The molecule has 5 rings (SSSR count). The number of carbonyl (C=O) groups is 2. The Morgan fingerprint density at radius 1 is 0.853 bits per heavy atom. The third kappa shape index (κ3) is 5.43. The van der Waals surface area contributed by atoms with E-state index in [4.69, 9.17) is 14.2 Å². The number of likely N-dealkylation sites (tertiary alicyclic amines) is 1. The maximum atomic E-state index is 12.7. The second kappa shape index (κ2) is 10.3. The number of hydrogen-bond acceptors (Lipinski definition) is 7. The maximum absolute atomic E-state index is 12.7. The van der Waals surface area contributed by atoms with Gasteiger partial charge in [-0.3, -0.25) is 14.5 Å². The van der Waals surface area contributed by atoms with Gasteiger partial charge in [0.25, 0.3) is 0 Å². The summed E-state index contributed by atoms with van der Waals surface area (Å²) in [5.41, 5.74) is 2.64. The van der Waals surface area contributed by atoms with Gasteiger partial charge >= 0.3 is 0 Å². The van der Waals surface area contributed by atoms with Crippen molar-refractivity contribution in [2.75, 3.05) is 68.3 Å². The highest BCUT2D eigenvalue weighted by Gasteiger charge is 2.26. The molecule has 0 radical (unpaired) electrons. The van der Waals surface area contributed by atoms with Crippen LogP contribution < -0.4 is 25.0 Å². The first-order chi connectivity index (χ1) is 16.6. The molecule has 9 heteroatoms. The minimum Gasteiger partial charge on any atom is -0.454 e. The maximum Gasteiger partial charge on any atom is 0.238 e. The molecule has 9 nitrogen and oxygen atoms in total. The fourth-order valence-corrected chi connectivity index (χ4v) is 4.55. The van der Waals surface area contributed by atoms with Crippen LogP contribution in [0.25, 0.3) is 0 Å². The highest BCUT2D eigenvalue weighted by atomic mass is 16.7. The summed E-state index contributed by atoms with van der Waals surface area (Å²) in [5.74, 6) is 1.23. The molecule has 2 saturated heterocycles. The normalized spacial score (nSPS) is 18.5. The lowest BCUT2D eigenvalue weighted by Crippen LogP contribution is -2.41. The van der Waals surface area contributed by atoms with Crippen LogP contribution >= 0.6 is 0 Å². The van der Waals surface area contributed by atoms with Gasteiger partial charge in [0.2, 0.25) is 18.6 Å². The standard InChI is InChI=1S/C25H30N4O5/c30-24(26-19-1-4-21(5-2-19)29-11-13-32-14-12-29)16-28-9-7-18(8-10-28)25(31)27-20-3-6-22-23(15-20)34-17-33-22/h1-6,15,18H,7-14,16-17H2,(H,26,30)(H,27,31). The summed E-state index contributed by atoms with van der Waals surface area (Å²) in [6, 6.07) is 13.3. The molecular weight excluding hydrogens is 436 g/mol. The average molecular weight is 467 g/mol. The lowest BCUT2D eigenvalue weighted by Gasteiger charge is -2.30. The predicted octanol–water partition coefficient (Wildman–Crippen LogP) is 2.54. The van der Waals surface area contributed by atoms with Gasteiger partial charge in [-0.25, -0.2) is 0 Å². The summed E-state index contributed by atoms with van der Waals surface area (Å²) in [7, 11) is 0. The molecule has 0 unspecified atom stereocenters. The first kappa shape index (κ1) is 22.5. The Hall–Kier alpha value is -3.30. The Bertz CT molecular complexity index is 1010. The number of amides is 2. The molecule has 180 valence electrons. The van der Waals surface area contributed by atoms with Crippen molar-refractivity contribution in [2.45, 2.75) is 12.8 Å². The van der Waals surface area contributed by atoms with E-state index >= 15 is 0 Å². The number of nitrogens with zero attached hydrogens (tertiary/aromatic N) is 2. The van der Waals surface area contributed by atoms with Crippen molar-refractivity contribution in [1.29, 1.82) is 0 Å². The zero-order chi connectivity index (χ0) is 23.3. The second-order valence-electron chi connectivity index (χ2n) is 8.80. The van der Waals surface area contributed by atoms with Crippen LogP contribution in [0.2, 0.25) is 0 Å². The van der Waals surface area contributed by atoms with Gasteiger partial charge in [-0.05, 0) is 62.3 Å². The van der Waals surface area contributed by atoms with E-state index in [1.165, 1.54) is 0 Å². The SMILES string of the molecule is O=C(CN1CCC(C(=O)Nc2ccc3c(c2)OCO3)CC1)Nc1ccc(N2CCOCC2)cc1. The van der Waals surface area contributed by atoms with Crippen LogP contribution in [-0.2, 0) is 14.3 Å². The quantitative estimate of drug-likeness (QED) is 0.676. The molecule has 34 heavy (non-hydrogen) atoms. The number of piperidine rings is 1. The highest BCUT2D eigenvalue weighted by molar-refractivity contribution is 5.93. The summed E-state index contributed by atoms with van der Waals surface area (Å²) in [4.78, 5) is 29.6. The summed E-state index contributed by atoms with van der Waals surface area (Å²) < 4.78 is 16.1. The minimum absolute atomic E-state index is 0.00308. The van der Waals surface area contributed by atoms with Crippen LogP contribution in [0, 0.1) is 5.92 Å². The lowest BCUT2D eigenvalue weighted by atomic mass is 9.95.